The minimum absolute atomic E-state index is 0.126. The second-order valence-electron chi connectivity index (χ2n) is 6.98. The number of nitrogens with zero attached hydrogens (tertiary/aromatic N) is 4. The Morgan fingerprint density at radius 2 is 2.12 bits per heavy atom. The Labute approximate surface area is 152 Å². The van der Waals surface area contributed by atoms with Crippen molar-refractivity contribution in [3.05, 3.63) is 36.0 Å². The lowest BCUT2D eigenvalue weighted by molar-refractivity contribution is -0.114. The van der Waals surface area contributed by atoms with Crippen LogP contribution in [0.25, 0.3) is 22.2 Å². The molecule has 3 aromatic rings. The fraction of sp³-hybridized carbons (Fsp3) is 0.400. The van der Waals surface area contributed by atoms with Crippen LogP contribution in [0.4, 0.5) is 5.82 Å². The molecular formula is C20H23N5O. The van der Waals surface area contributed by atoms with Gasteiger partial charge in [0.15, 0.2) is 0 Å². The molecule has 0 aliphatic heterocycles. The van der Waals surface area contributed by atoms with Gasteiger partial charge in [-0.3, -0.25) is 4.79 Å². The van der Waals surface area contributed by atoms with Gasteiger partial charge in [0.1, 0.15) is 11.6 Å². The Morgan fingerprint density at radius 3 is 2.77 bits per heavy atom. The highest BCUT2D eigenvalue weighted by atomic mass is 16.1. The Bertz CT molecular complexity index is 987. The maximum absolute atomic E-state index is 11.4. The number of rotatable bonds is 4. The number of aromatic nitrogens is 4. The van der Waals surface area contributed by atoms with Crippen molar-refractivity contribution < 1.29 is 4.79 Å². The third kappa shape index (κ3) is 2.96. The van der Waals surface area contributed by atoms with Crippen molar-refractivity contribution in [2.24, 2.45) is 0 Å². The highest BCUT2D eigenvalue weighted by Crippen LogP contribution is 2.36. The number of pyridine rings is 1. The van der Waals surface area contributed by atoms with Gasteiger partial charge >= 0.3 is 0 Å². The number of hydrogen-bond donors (Lipinski definition) is 1. The van der Waals surface area contributed by atoms with Crippen LogP contribution in [0.2, 0.25) is 0 Å². The van der Waals surface area contributed by atoms with Crippen LogP contribution in [-0.4, -0.2) is 25.4 Å². The zero-order valence-electron chi connectivity index (χ0n) is 15.4. The van der Waals surface area contributed by atoms with E-state index in [-0.39, 0.29) is 5.91 Å². The van der Waals surface area contributed by atoms with E-state index in [4.69, 9.17) is 4.98 Å². The summed E-state index contributed by atoms with van der Waals surface area (Å²) in [4.78, 5) is 25.3. The third-order valence-electron chi connectivity index (χ3n) is 5.03. The molecule has 26 heavy (non-hydrogen) atoms. The van der Waals surface area contributed by atoms with Crippen LogP contribution in [0.1, 0.15) is 50.5 Å². The van der Waals surface area contributed by atoms with Crippen LogP contribution in [0.3, 0.4) is 0 Å². The standard InChI is InChI=1S/C20H23N5O/c1-4-25-11-16(15-9-19(23-13(3)26)21-10-18(15)25)17-8-12(2)22-20(24-17)14-6-5-7-14/h8-11,14H,4-7H2,1-3H3,(H,21,23,26). The number of carbonyl (C=O) groups excluding carboxylic acids is 1. The minimum Gasteiger partial charge on any atom is -0.346 e. The first kappa shape index (κ1) is 16.7. The molecule has 3 aromatic heterocycles. The lowest BCUT2D eigenvalue weighted by Crippen LogP contribution is -2.13. The van der Waals surface area contributed by atoms with Crippen molar-refractivity contribution in [1.29, 1.82) is 0 Å². The Kier molecular flexibility index (Phi) is 4.18. The molecule has 3 heterocycles. The molecular weight excluding hydrogens is 326 g/mol. The Morgan fingerprint density at radius 1 is 1.31 bits per heavy atom. The maximum atomic E-state index is 11.4. The zero-order valence-corrected chi connectivity index (χ0v) is 15.4. The van der Waals surface area contributed by atoms with Crippen molar-refractivity contribution in [2.45, 2.75) is 52.5 Å². The molecule has 0 spiro atoms. The lowest BCUT2D eigenvalue weighted by Gasteiger charge is -2.24. The van der Waals surface area contributed by atoms with Crippen LogP contribution >= 0.6 is 0 Å². The highest BCUT2D eigenvalue weighted by molar-refractivity contribution is 5.98. The van der Waals surface area contributed by atoms with E-state index in [1.54, 1.807) is 0 Å². The first-order valence-corrected chi connectivity index (χ1v) is 9.17. The molecule has 1 saturated carbocycles. The van der Waals surface area contributed by atoms with Gasteiger partial charge < -0.3 is 9.88 Å². The molecule has 0 bridgehead atoms. The monoisotopic (exact) mass is 349 g/mol. The third-order valence-corrected chi connectivity index (χ3v) is 5.03. The van der Waals surface area contributed by atoms with E-state index in [9.17, 15) is 4.79 Å². The molecule has 134 valence electrons. The lowest BCUT2D eigenvalue weighted by atomic mass is 9.84. The van der Waals surface area contributed by atoms with Crippen molar-refractivity contribution >= 4 is 22.6 Å². The van der Waals surface area contributed by atoms with Gasteiger partial charge in [-0.1, -0.05) is 6.42 Å². The van der Waals surface area contributed by atoms with Crippen molar-refractivity contribution in [3.8, 4) is 11.3 Å². The number of hydrogen-bond acceptors (Lipinski definition) is 4. The van der Waals surface area contributed by atoms with Gasteiger partial charge in [-0.25, -0.2) is 15.0 Å². The summed E-state index contributed by atoms with van der Waals surface area (Å²) in [6.07, 6.45) is 7.55. The second kappa shape index (κ2) is 6.52. The molecule has 1 N–H and O–H groups in total. The Hall–Kier alpha value is -2.76. The number of nitrogens with one attached hydrogen (secondary N) is 1. The van der Waals surface area contributed by atoms with Gasteiger partial charge in [0.25, 0.3) is 0 Å². The summed E-state index contributed by atoms with van der Waals surface area (Å²) in [5.74, 6) is 1.88. The summed E-state index contributed by atoms with van der Waals surface area (Å²) in [6.45, 7) is 6.46. The molecule has 1 aliphatic carbocycles. The quantitative estimate of drug-likeness (QED) is 0.771. The molecule has 1 aliphatic rings. The molecule has 0 aromatic carbocycles. The SMILES string of the molecule is CCn1cc(-c2cc(C)nc(C3CCC3)n2)c2cc(NC(C)=O)ncc21. The molecule has 4 rings (SSSR count). The van der Waals surface area contributed by atoms with Gasteiger partial charge in [0.05, 0.1) is 17.4 Å². The van der Waals surface area contributed by atoms with E-state index in [1.165, 1.54) is 26.2 Å². The van der Waals surface area contributed by atoms with Crippen LogP contribution in [0.15, 0.2) is 24.5 Å². The first-order valence-electron chi connectivity index (χ1n) is 9.17. The van der Waals surface area contributed by atoms with Crippen LogP contribution < -0.4 is 5.32 Å². The summed E-state index contributed by atoms with van der Waals surface area (Å²) < 4.78 is 2.16. The molecule has 0 atom stereocenters. The van der Waals surface area contributed by atoms with Gasteiger partial charge in [0, 0.05) is 42.2 Å². The van der Waals surface area contributed by atoms with E-state index >= 15 is 0 Å². The molecule has 6 nitrogen and oxygen atoms in total. The fourth-order valence-electron chi connectivity index (χ4n) is 3.48. The average Bonchev–Trinajstić information content (AvgIpc) is 2.90. The Balaban J connectivity index is 1.87. The predicted molar refractivity (Wildman–Crippen MR) is 102 cm³/mol. The van der Waals surface area contributed by atoms with Gasteiger partial charge in [-0.05, 0) is 38.8 Å². The van der Waals surface area contributed by atoms with Gasteiger partial charge in [-0.2, -0.15) is 0 Å². The molecule has 0 unspecified atom stereocenters. The number of amides is 1. The van der Waals surface area contributed by atoms with Crippen LogP contribution in [0.5, 0.6) is 0 Å². The number of fused-ring (bicyclic) bond motifs is 1. The summed E-state index contributed by atoms with van der Waals surface area (Å²) in [5, 5.41) is 3.81. The van der Waals surface area contributed by atoms with Crippen molar-refractivity contribution in [3.63, 3.8) is 0 Å². The molecule has 0 saturated heterocycles. The summed E-state index contributed by atoms with van der Waals surface area (Å²) >= 11 is 0. The second-order valence-corrected chi connectivity index (χ2v) is 6.98. The smallest absolute Gasteiger partial charge is 0.222 e. The van der Waals surface area contributed by atoms with E-state index in [0.29, 0.717) is 11.7 Å². The van der Waals surface area contributed by atoms with Crippen molar-refractivity contribution in [1.82, 2.24) is 19.5 Å². The molecule has 1 amide bonds. The highest BCUT2D eigenvalue weighted by Gasteiger charge is 2.23. The van der Waals surface area contributed by atoms with E-state index < -0.39 is 0 Å². The van der Waals surface area contributed by atoms with E-state index in [1.807, 2.05) is 25.3 Å². The van der Waals surface area contributed by atoms with Crippen LogP contribution in [0, 0.1) is 6.92 Å². The summed E-state index contributed by atoms with van der Waals surface area (Å²) in [5.41, 5.74) is 4.03. The van der Waals surface area contributed by atoms with Crippen LogP contribution in [-0.2, 0) is 11.3 Å². The van der Waals surface area contributed by atoms with Gasteiger partial charge in [-0.15, -0.1) is 0 Å². The number of aryl methyl sites for hydroxylation is 2. The minimum atomic E-state index is -0.126. The molecule has 6 heteroatoms. The topological polar surface area (TPSA) is 72.7 Å². The number of carbonyl (C=O) groups is 1. The fourth-order valence-corrected chi connectivity index (χ4v) is 3.48. The maximum Gasteiger partial charge on any atom is 0.222 e. The van der Waals surface area contributed by atoms with Crippen molar-refractivity contribution in [2.75, 3.05) is 5.32 Å². The normalized spacial score (nSPS) is 14.4. The first-order chi connectivity index (χ1) is 12.5. The summed E-state index contributed by atoms with van der Waals surface area (Å²) in [7, 11) is 0. The number of anilines is 1. The van der Waals surface area contributed by atoms with Gasteiger partial charge in [0.2, 0.25) is 5.91 Å². The average molecular weight is 349 g/mol. The summed E-state index contributed by atoms with van der Waals surface area (Å²) in [6, 6.07) is 3.97. The zero-order chi connectivity index (χ0) is 18.3. The largest absolute Gasteiger partial charge is 0.346 e. The van der Waals surface area contributed by atoms with E-state index in [0.717, 1.165) is 40.2 Å². The molecule has 0 radical (unpaired) electrons. The van der Waals surface area contributed by atoms with E-state index in [2.05, 4.69) is 33.0 Å². The predicted octanol–water partition coefficient (Wildman–Crippen LogP) is 4.05. The molecule has 1 fully saturated rings.